The van der Waals surface area contributed by atoms with E-state index in [0.717, 1.165) is 31.4 Å². The molecule has 0 aliphatic carbocycles. The van der Waals surface area contributed by atoms with Gasteiger partial charge in [-0.2, -0.15) is 0 Å². The largest absolute Gasteiger partial charge is 0.508 e. The molecule has 0 unspecified atom stereocenters. The van der Waals surface area contributed by atoms with Crippen LogP contribution in [0.15, 0.2) is 24.3 Å². The number of rotatable bonds is 9. The quantitative estimate of drug-likeness (QED) is 0.278. The van der Waals surface area contributed by atoms with Crippen LogP contribution in [0.4, 0.5) is 0 Å². The highest BCUT2D eigenvalue weighted by atomic mass is 16.5. The summed E-state index contributed by atoms with van der Waals surface area (Å²) in [6, 6.07) is 4.94. The molecule has 4 N–H and O–H groups in total. The van der Waals surface area contributed by atoms with Crippen molar-refractivity contribution in [2.75, 3.05) is 0 Å². The minimum Gasteiger partial charge on any atom is -0.508 e. The van der Waals surface area contributed by atoms with E-state index < -0.39 is 23.4 Å². The number of carbonyl (C=O) groups excluding carboxylic acids is 1. The summed E-state index contributed by atoms with van der Waals surface area (Å²) in [4.78, 5) is 24.1. The van der Waals surface area contributed by atoms with E-state index in [1.54, 1.807) is 0 Å². The maximum Gasteiger partial charge on any atom is 0.347 e. The molecule has 0 amide bonds. The number of phenols is 3. The Morgan fingerprint density at radius 1 is 0.828 bits per heavy atom. The van der Waals surface area contributed by atoms with E-state index in [9.17, 15) is 30.0 Å². The fourth-order valence-corrected chi connectivity index (χ4v) is 3.25. The normalized spacial score (nSPS) is 10.7. The van der Waals surface area contributed by atoms with Crippen molar-refractivity contribution in [1.29, 1.82) is 0 Å². The van der Waals surface area contributed by atoms with Crippen LogP contribution in [0.2, 0.25) is 0 Å². The highest BCUT2D eigenvalue weighted by Gasteiger charge is 2.22. The number of aryl methyl sites for hydroxylation is 2. The number of aromatic carboxylic acids is 1. The number of carboxylic acid groups (broad SMARTS) is 1. The molecule has 0 heterocycles. The molecule has 0 atom stereocenters. The average Bonchev–Trinajstić information content (AvgIpc) is 2.60. The lowest BCUT2D eigenvalue weighted by Crippen LogP contribution is -2.13. The van der Waals surface area contributed by atoms with E-state index in [0.29, 0.717) is 30.4 Å². The summed E-state index contributed by atoms with van der Waals surface area (Å²) in [5.74, 6) is -3.18. The van der Waals surface area contributed by atoms with Crippen molar-refractivity contribution < 1.29 is 34.8 Å². The summed E-state index contributed by atoms with van der Waals surface area (Å²) < 4.78 is 5.34. The van der Waals surface area contributed by atoms with Crippen LogP contribution in [0.1, 0.15) is 71.4 Å². The molecule has 0 fully saturated rings. The smallest absolute Gasteiger partial charge is 0.347 e. The van der Waals surface area contributed by atoms with Gasteiger partial charge in [-0.25, -0.2) is 9.59 Å². The fraction of sp³-hybridized carbons (Fsp3) is 0.364. The molecule has 0 saturated heterocycles. The lowest BCUT2D eigenvalue weighted by atomic mass is 9.99. The van der Waals surface area contributed by atoms with E-state index in [-0.39, 0.29) is 22.6 Å². The van der Waals surface area contributed by atoms with Crippen LogP contribution in [0.3, 0.4) is 0 Å². The van der Waals surface area contributed by atoms with Crippen LogP contribution in [-0.4, -0.2) is 32.4 Å². The van der Waals surface area contributed by atoms with Crippen LogP contribution >= 0.6 is 0 Å². The lowest BCUT2D eigenvalue weighted by molar-refractivity contribution is 0.0692. The molecule has 0 bridgehead atoms. The van der Waals surface area contributed by atoms with Gasteiger partial charge in [-0.1, -0.05) is 33.1 Å². The Morgan fingerprint density at radius 3 is 2.10 bits per heavy atom. The molecule has 156 valence electrons. The van der Waals surface area contributed by atoms with Gasteiger partial charge >= 0.3 is 11.9 Å². The van der Waals surface area contributed by atoms with Crippen LogP contribution < -0.4 is 4.74 Å². The zero-order chi connectivity index (χ0) is 21.6. The lowest BCUT2D eigenvalue weighted by Gasteiger charge is -2.14. The molecule has 0 radical (unpaired) electrons. The fourth-order valence-electron chi connectivity index (χ4n) is 3.25. The number of unbranched alkanes of at least 4 members (excludes halogenated alkanes) is 2. The maximum absolute atomic E-state index is 12.7. The van der Waals surface area contributed by atoms with Gasteiger partial charge in [-0.3, -0.25) is 0 Å². The molecule has 29 heavy (non-hydrogen) atoms. The van der Waals surface area contributed by atoms with Gasteiger partial charge in [0, 0.05) is 12.1 Å². The second-order valence-electron chi connectivity index (χ2n) is 6.88. The van der Waals surface area contributed by atoms with E-state index in [1.807, 2.05) is 13.8 Å². The van der Waals surface area contributed by atoms with Gasteiger partial charge in [0.25, 0.3) is 0 Å². The summed E-state index contributed by atoms with van der Waals surface area (Å²) >= 11 is 0. The molecule has 0 spiro atoms. The standard InChI is InChI=1S/C22H26O7/c1-3-5-6-8-14-9-15(23)11-17(24)20(14)22(28)29-16-10-13(7-4-2)19(21(26)27)18(25)12-16/h9-12,23-25H,3-8H2,1-2H3,(H,26,27). The molecule has 2 aromatic carbocycles. The Morgan fingerprint density at radius 2 is 1.48 bits per heavy atom. The first-order chi connectivity index (χ1) is 13.8. The van der Waals surface area contributed by atoms with Crippen LogP contribution in [0.5, 0.6) is 23.0 Å². The number of carbonyl (C=O) groups is 2. The minimum atomic E-state index is -1.27. The number of esters is 1. The number of benzene rings is 2. The first kappa shape index (κ1) is 22.1. The third-order valence-electron chi connectivity index (χ3n) is 4.55. The predicted octanol–water partition coefficient (Wildman–Crippen LogP) is 4.41. The Labute approximate surface area is 169 Å². The molecule has 7 nitrogen and oxygen atoms in total. The summed E-state index contributed by atoms with van der Waals surface area (Å²) in [7, 11) is 0. The van der Waals surface area contributed by atoms with E-state index in [1.165, 1.54) is 12.1 Å². The van der Waals surface area contributed by atoms with Gasteiger partial charge in [0.2, 0.25) is 0 Å². The second-order valence-corrected chi connectivity index (χ2v) is 6.88. The molecule has 0 aromatic heterocycles. The Balaban J connectivity index is 2.38. The molecule has 0 aliphatic heterocycles. The summed E-state index contributed by atoms with van der Waals surface area (Å²) in [6.07, 6.45) is 4.17. The average molecular weight is 402 g/mol. The van der Waals surface area contributed by atoms with Crippen molar-refractivity contribution in [1.82, 2.24) is 0 Å². The monoisotopic (exact) mass is 402 g/mol. The number of hydrogen-bond acceptors (Lipinski definition) is 6. The molecule has 0 saturated carbocycles. The van der Waals surface area contributed by atoms with E-state index in [4.69, 9.17) is 4.74 Å². The Bertz CT molecular complexity index is 903. The van der Waals surface area contributed by atoms with Crippen molar-refractivity contribution in [3.63, 3.8) is 0 Å². The van der Waals surface area contributed by atoms with Crippen molar-refractivity contribution >= 4 is 11.9 Å². The van der Waals surface area contributed by atoms with Crippen molar-refractivity contribution in [2.24, 2.45) is 0 Å². The van der Waals surface area contributed by atoms with E-state index >= 15 is 0 Å². The third-order valence-corrected chi connectivity index (χ3v) is 4.55. The van der Waals surface area contributed by atoms with Gasteiger partial charge in [0.15, 0.2) is 0 Å². The van der Waals surface area contributed by atoms with Crippen molar-refractivity contribution in [3.05, 3.63) is 46.5 Å². The second kappa shape index (κ2) is 9.82. The summed E-state index contributed by atoms with van der Waals surface area (Å²) in [5, 5.41) is 39.3. The van der Waals surface area contributed by atoms with Gasteiger partial charge in [0.05, 0.1) is 0 Å². The Kier molecular flexibility index (Phi) is 7.47. The zero-order valence-electron chi connectivity index (χ0n) is 16.6. The molecular formula is C22H26O7. The topological polar surface area (TPSA) is 124 Å². The number of phenolic OH excluding ortho intramolecular Hbond substituents is 2. The number of aromatic hydroxyl groups is 3. The molecule has 2 aromatic rings. The highest BCUT2D eigenvalue weighted by Crippen LogP contribution is 2.32. The van der Waals surface area contributed by atoms with Crippen LogP contribution in [0, 0.1) is 0 Å². The van der Waals surface area contributed by atoms with Crippen LogP contribution in [-0.2, 0) is 12.8 Å². The molecule has 0 aliphatic rings. The predicted molar refractivity (Wildman–Crippen MR) is 107 cm³/mol. The molecule has 2 rings (SSSR count). The van der Waals surface area contributed by atoms with Gasteiger partial charge in [-0.05, 0) is 42.5 Å². The molecular weight excluding hydrogens is 376 g/mol. The molecule has 7 heteroatoms. The Hall–Kier alpha value is -3.22. The summed E-state index contributed by atoms with van der Waals surface area (Å²) in [6.45, 7) is 3.90. The van der Waals surface area contributed by atoms with Gasteiger partial charge in [0.1, 0.15) is 34.1 Å². The highest BCUT2D eigenvalue weighted by molar-refractivity contribution is 5.96. The summed E-state index contributed by atoms with van der Waals surface area (Å²) in [5.41, 5.74) is 0.527. The first-order valence-corrected chi connectivity index (χ1v) is 9.64. The van der Waals surface area contributed by atoms with Gasteiger partial charge < -0.3 is 25.2 Å². The maximum atomic E-state index is 12.7. The number of ether oxygens (including phenoxy) is 1. The number of carboxylic acids is 1. The van der Waals surface area contributed by atoms with Crippen molar-refractivity contribution in [2.45, 2.75) is 52.4 Å². The van der Waals surface area contributed by atoms with Gasteiger partial charge in [-0.15, -0.1) is 0 Å². The van der Waals surface area contributed by atoms with Crippen molar-refractivity contribution in [3.8, 4) is 23.0 Å². The minimum absolute atomic E-state index is 0.0204. The first-order valence-electron chi connectivity index (χ1n) is 9.64. The zero-order valence-corrected chi connectivity index (χ0v) is 16.6. The SMILES string of the molecule is CCCCCc1cc(O)cc(O)c1C(=O)Oc1cc(O)c(C(=O)O)c(CCC)c1. The number of hydrogen-bond donors (Lipinski definition) is 4. The third kappa shape index (κ3) is 5.40. The van der Waals surface area contributed by atoms with Crippen LogP contribution in [0.25, 0.3) is 0 Å². The van der Waals surface area contributed by atoms with E-state index in [2.05, 4.69) is 0 Å².